The molecule has 2 aromatic rings. The Morgan fingerprint density at radius 1 is 1.26 bits per heavy atom. The van der Waals surface area contributed by atoms with Crippen molar-refractivity contribution in [3.8, 4) is 5.88 Å². The number of thiazole rings is 1. The topological polar surface area (TPSA) is 77.4 Å². The number of nitrogens with zero attached hydrogens (tertiary/aromatic N) is 4. The van der Waals surface area contributed by atoms with Gasteiger partial charge in [0.1, 0.15) is 18.0 Å². The molecule has 2 aromatic heterocycles. The molecule has 1 saturated carbocycles. The Kier molecular flexibility index (Phi) is 5.83. The van der Waals surface area contributed by atoms with E-state index in [4.69, 9.17) is 9.47 Å². The van der Waals surface area contributed by atoms with E-state index in [0.717, 1.165) is 47.5 Å². The maximum atomic E-state index is 12.3. The van der Waals surface area contributed by atoms with Gasteiger partial charge in [0.15, 0.2) is 10.3 Å². The van der Waals surface area contributed by atoms with Crippen molar-refractivity contribution < 1.29 is 14.3 Å². The van der Waals surface area contributed by atoms with E-state index in [9.17, 15) is 4.79 Å². The summed E-state index contributed by atoms with van der Waals surface area (Å²) < 4.78 is 11.6. The summed E-state index contributed by atoms with van der Waals surface area (Å²) in [5.41, 5.74) is 0.280. The van der Waals surface area contributed by atoms with Crippen molar-refractivity contribution in [2.45, 2.75) is 77.5 Å². The third-order valence-electron chi connectivity index (χ3n) is 4.66. The molecule has 2 heterocycles. The Hall–Kier alpha value is -1.96. The van der Waals surface area contributed by atoms with Gasteiger partial charge in [0.2, 0.25) is 5.88 Å². The molecule has 0 N–H and O–H groups in total. The predicted molar refractivity (Wildman–Crippen MR) is 105 cm³/mol. The summed E-state index contributed by atoms with van der Waals surface area (Å²) >= 11 is 1.59. The van der Waals surface area contributed by atoms with Gasteiger partial charge in [-0.3, -0.25) is 0 Å². The second-order valence-electron chi connectivity index (χ2n) is 7.93. The fraction of sp³-hybridized carbons (Fsp3) is 0.684. The van der Waals surface area contributed by atoms with Crippen LogP contribution in [0, 0.1) is 0 Å². The highest BCUT2D eigenvalue weighted by Gasteiger charge is 2.30. The van der Waals surface area contributed by atoms with Crippen LogP contribution >= 0.6 is 11.3 Å². The quantitative estimate of drug-likeness (QED) is 0.776. The van der Waals surface area contributed by atoms with Gasteiger partial charge in [-0.1, -0.05) is 18.3 Å². The molecule has 1 amide bonds. The average molecular weight is 393 g/mol. The van der Waals surface area contributed by atoms with Crippen molar-refractivity contribution in [2.75, 3.05) is 7.05 Å². The fourth-order valence-electron chi connectivity index (χ4n) is 3.21. The van der Waals surface area contributed by atoms with E-state index in [-0.39, 0.29) is 18.2 Å². The first kappa shape index (κ1) is 19.8. The number of aromatic nitrogens is 3. The lowest BCUT2D eigenvalue weighted by atomic mass is 9.92. The number of ether oxygens (including phenoxy) is 2. The molecule has 8 heteroatoms. The number of carbonyl (C=O) groups is 1. The van der Waals surface area contributed by atoms with Crippen LogP contribution in [-0.4, -0.2) is 50.7 Å². The highest BCUT2D eigenvalue weighted by molar-refractivity contribution is 7.18. The minimum Gasteiger partial charge on any atom is -0.473 e. The maximum Gasteiger partial charge on any atom is 0.410 e. The lowest BCUT2D eigenvalue weighted by Gasteiger charge is -2.35. The molecule has 0 saturated heterocycles. The van der Waals surface area contributed by atoms with Crippen molar-refractivity contribution in [1.29, 1.82) is 0 Å². The van der Waals surface area contributed by atoms with E-state index in [2.05, 4.69) is 21.9 Å². The van der Waals surface area contributed by atoms with Crippen LogP contribution in [-0.2, 0) is 11.2 Å². The number of carbonyl (C=O) groups excluding carboxylic acids is 1. The molecule has 1 aliphatic rings. The standard InChI is InChI=1S/C19H28N4O3S/c1-6-14-22-15-16(20-11-21-17(15)27-14)25-13-9-7-12(8-10-13)23(5)18(24)26-19(2,3)4/h11-13H,6-10H2,1-5H3. The first-order chi connectivity index (χ1) is 12.8. The second-order valence-corrected chi connectivity index (χ2v) is 9.00. The predicted octanol–water partition coefficient (Wildman–Crippen LogP) is 4.21. The van der Waals surface area contributed by atoms with E-state index in [1.165, 1.54) is 6.33 Å². The van der Waals surface area contributed by atoms with Crippen LogP contribution in [0.5, 0.6) is 5.88 Å². The van der Waals surface area contributed by atoms with E-state index in [1.807, 2.05) is 27.8 Å². The van der Waals surface area contributed by atoms with Gasteiger partial charge in [-0.2, -0.15) is 4.98 Å². The molecule has 0 atom stereocenters. The molecule has 0 radical (unpaired) electrons. The van der Waals surface area contributed by atoms with Gasteiger partial charge in [0.05, 0.1) is 5.01 Å². The Bertz CT molecular complexity index is 794. The number of hydrogen-bond donors (Lipinski definition) is 0. The van der Waals surface area contributed by atoms with Crippen molar-refractivity contribution in [3.05, 3.63) is 11.3 Å². The molecule has 0 aromatic carbocycles. The van der Waals surface area contributed by atoms with Crippen molar-refractivity contribution in [1.82, 2.24) is 19.9 Å². The van der Waals surface area contributed by atoms with Gasteiger partial charge in [-0.15, -0.1) is 0 Å². The Balaban J connectivity index is 1.58. The lowest BCUT2D eigenvalue weighted by Crippen LogP contribution is -2.43. The van der Waals surface area contributed by atoms with Gasteiger partial charge in [-0.25, -0.2) is 14.8 Å². The largest absolute Gasteiger partial charge is 0.473 e. The third-order valence-corrected chi connectivity index (χ3v) is 5.77. The number of amides is 1. The SMILES string of the molecule is CCc1nc2c(OC3CCC(N(C)C(=O)OC(C)(C)C)CC3)ncnc2s1. The normalized spacial score (nSPS) is 20.5. The van der Waals surface area contributed by atoms with Crippen LogP contribution < -0.4 is 4.74 Å². The van der Waals surface area contributed by atoms with Crippen LogP contribution in [0.4, 0.5) is 4.79 Å². The minimum absolute atomic E-state index is 0.0816. The minimum atomic E-state index is -0.477. The van der Waals surface area contributed by atoms with Crippen molar-refractivity contribution in [3.63, 3.8) is 0 Å². The second kappa shape index (κ2) is 7.96. The monoisotopic (exact) mass is 392 g/mol. The van der Waals surface area contributed by atoms with E-state index in [1.54, 1.807) is 16.2 Å². The smallest absolute Gasteiger partial charge is 0.410 e. The molecule has 3 rings (SSSR count). The van der Waals surface area contributed by atoms with Gasteiger partial charge in [0.25, 0.3) is 0 Å². The highest BCUT2D eigenvalue weighted by Crippen LogP contribution is 2.30. The Morgan fingerprint density at radius 2 is 1.96 bits per heavy atom. The van der Waals surface area contributed by atoms with Gasteiger partial charge in [0, 0.05) is 13.1 Å². The van der Waals surface area contributed by atoms with Crippen LogP contribution in [0.3, 0.4) is 0 Å². The summed E-state index contributed by atoms with van der Waals surface area (Å²) in [4.78, 5) is 28.0. The van der Waals surface area contributed by atoms with Crippen molar-refractivity contribution >= 4 is 27.8 Å². The van der Waals surface area contributed by atoms with Crippen LogP contribution in [0.15, 0.2) is 6.33 Å². The highest BCUT2D eigenvalue weighted by atomic mass is 32.1. The average Bonchev–Trinajstić information content (AvgIpc) is 3.05. The van der Waals surface area contributed by atoms with Gasteiger partial charge >= 0.3 is 6.09 Å². The molecule has 148 valence electrons. The van der Waals surface area contributed by atoms with E-state index >= 15 is 0 Å². The number of hydrogen-bond acceptors (Lipinski definition) is 7. The van der Waals surface area contributed by atoms with Crippen LogP contribution in [0.2, 0.25) is 0 Å². The van der Waals surface area contributed by atoms with Gasteiger partial charge < -0.3 is 14.4 Å². The third kappa shape index (κ3) is 4.86. The molecular weight excluding hydrogens is 364 g/mol. The summed E-state index contributed by atoms with van der Waals surface area (Å²) in [5, 5.41) is 1.04. The number of rotatable bonds is 4. The van der Waals surface area contributed by atoms with E-state index in [0.29, 0.717) is 5.88 Å². The zero-order chi connectivity index (χ0) is 19.6. The summed E-state index contributed by atoms with van der Waals surface area (Å²) in [6.07, 6.45) is 5.73. The van der Waals surface area contributed by atoms with E-state index < -0.39 is 5.60 Å². The molecule has 0 spiro atoms. The van der Waals surface area contributed by atoms with Gasteiger partial charge in [-0.05, 0) is 52.9 Å². The summed E-state index contributed by atoms with van der Waals surface area (Å²) in [7, 11) is 1.81. The molecule has 1 aliphatic carbocycles. The summed E-state index contributed by atoms with van der Waals surface area (Å²) in [6.45, 7) is 7.73. The summed E-state index contributed by atoms with van der Waals surface area (Å²) in [5.74, 6) is 0.569. The van der Waals surface area contributed by atoms with Crippen LogP contribution in [0.25, 0.3) is 10.3 Å². The molecule has 0 aliphatic heterocycles. The van der Waals surface area contributed by atoms with Crippen molar-refractivity contribution in [2.24, 2.45) is 0 Å². The fourth-order valence-corrected chi connectivity index (χ4v) is 4.04. The molecule has 0 unspecified atom stereocenters. The maximum absolute atomic E-state index is 12.3. The molecule has 7 nitrogen and oxygen atoms in total. The van der Waals surface area contributed by atoms with Crippen LogP contribution in [0.1, 0.15) is 58.4 Å². The molecule has 27 heavy (non-hydrogen) atoms. The zero-order valence-electron chi connectivity index (χ0n) is 16.7. The lowest BCUT2D eigenvalue weighted by molar-refractivity contribution is 0.0137. The number of fused-ring (bicyclic) bond motifs is 1. The molecular formula is C19H28N4O3S. The Morgan fingerprint density at radius 3 is 2.59 bits per heavy atom. The summed E-state index contributed by atoms with van der Waals surface area (Å²) in [6, 6.07) is 0.177. The number of aryl methyl sites for hydroxylation is 1. The first-order valence-corrected chi connectivity index (χ1v) is 10.3. The first-order valence-electron chi connectivity index (χ1n) is 9.49. The molecule has 0 bridgehead atoms. The Labute approximate surface area is 164 Å². The zero-order valence-corrected chi connectivity index (χ0v) is 17.5. The molecule has 1 fully saturated rings.